The van der Waals surface area contributed by atoms with Gasteiger partial charge >= 0.3 is 0 Å². The smallest absolute Gasteiger partial charge is 0.287 e. The highest BCUT2D eigenvalue weighted by Gasteiger charge is 2.55. The van der Waals surface area contributed by atoms with Crippen molar-refractivity contribution < 1.29 is 18.8 Å². The second-order valence-electron chi connectivity index (χ2n) is 10.0. The fraction of sp³-hybridized carbons (Fsp3) is 0.600. The van der Waals surface area contributed by atoms with Crippen LogP contribution in [-0.4, -0.2) is 67.0 Å². The largest absolute Gasteiger partial charge is 0.456 e. The molecule has 1 atom stereocenters. The number of nitrogens with one attached hydrogen (secondary N) is 1. The highest BCUT2D eigenvalue weighted by Crippen LogP contribution is 2.59. The molecule has 178 valence electrons. The topological polar surface area (TPSA) is 95.2 Å². The van der Waals surface area contributed by atoms with Gasteiger partial charge in [0.25, 0.3) is 5.91 Å². The van der Waals surface area contributed by atoms with Crippen molar-refractivity contribution in [3.63, 3.8) is 0 Å². The molecule has 1 aromatic heterocycles. The van der Waals surface area contributed by atoms with Gasteiger partial charge in [0.1, 0.15) is 5.76 Å². The van der Waals surface area contributed by atoms with Crippen molar-refractivity contribution in [3.8, 4) is 0 Å². The van der Waals surface area contributed by atoms with Crippen LogP contribution in [0.3, 0.4) is 0 Å². The Kier molecular flexibility index (Phi) is 6.45. The van der Waals surface area contributed by atoms with E-state index in [4.69, 9.17) is 4.42 Å². The molecular weight excluding hydrogens is 420 g/mol. The number of aryl methyl sites for hydroxylation is 1. The van der Waals surface area contributed by atoms with E-state index in [2.05, 4.69) is 17.0 Å². The second-order valence-corrected chi connectivity index (χ2v) is 10.0. The van der Waals surface area contributed by atoms with Crippen LogP contribution in [-0.2, 0) is 9.59 Å². The summed E-state index contributed by atoms with van der Waals surface area (Å²) in [6.07, 6.45) is 6.37. The van der Waals surface area contributed by atoms with Crippen molar-refractivity contribution in [2.45, 2.75) is 40.0 Å². The molecule has 1 aromatic rings. The Morgan fingerprint density at radius 2 is 1.97 bits per heavy atom. The number of furan rings is 1. The molecule has 4 rings (SSSR count). The molecule has 2 saturated heterocycles. The van der Waals surface area contributed by atoms with Crippen molar-refractivity contribution >= 4 is 30.5 Å². The van der Waals surface area contributed by atoms with Crippen LogP contribution in [0.2, 0.25) is 0 Å². The van der Waals surface area contributed by atoms with E-state index in [1.807, 2.05) is 25.7 Å². The number of rotatable bonds is 7. The molecule has 8 heteroatoms. The van der Waals surface area contributed by atoms with Crippen molar-refractivity contribution in [3.05, 3.63) is 29.4 Å². The normalized spacial score (nSPS) is 22.0. The van der Waals surface area contributed by atoms with Gasteiger partial charge in [-0.1, -0.05) is 13.8 Å². The minimum atomic E-state index is -0.204. The van der Waals surface area contributed by atoms with E-state index in [0.717, 1.165) is 37.9 Å². The molecule has 0 aromatic carbocycles. The van der Waals surface area contributed by atoms with E-state index < -0.39 is 0 Å². The number of amides is 3. The van der Waals surface area contributed by atoms with Crippen LogP contribution in [0.1, 0.15) is 55.0 Å². The average molecular weight is 455 g/mol. The number of likely N-dealkylation sites (tertiary alicyclic amines) is 2. The third-order valence-corrected chi connectivity index (χ3v) is 7.51. The molecule has 2 aliphatic heterocycles. The van der Waals surface area contributed by atoms with Gasteiger partial charge in [0.15, 0.2) is 5.76 Å². The van der Waals surface area contributed by atoms with Gasteiger partial charge in [-0.15, -0.1) is 0 Å². The molecule has 3 amide bonds. The summed E-state index contributed by atoms with van der Waals surface area (Å²) in [4.78, 5) is 44.8. The number of piperidine rings is 1. The molecule has 33 heavy (non-hydrogen) atoms. The molecule has 1 unspecified atom stereocenters. The molecule has 1 saturated carbocycles. The standard InChI is InChI=1S/C25H34N4O4/c1-16(2)23(31)29-14-19(15-29)24(32)28-9-6-25(7-10-28)12-20(25)13-27-22(30)21-11-18(5-8-26-4)17(3)33-21/h5,8,11,16,19-20H,4,6-7,9-10,12-15H2,1-3H3,(H,27,30)/b8-5-. The molecule has 8 nitrogen and oxygen atoms in total. The summed E-state index contributed by atoms with van der Waals surface area (Å²) in [6, 6.07) is 1.72. The predicted octanol–water partition coefficient (Wildman–Crippen LogP) is 2.73. The highest BCUT2D eigenvalue weighted by atomic mass is 16.3. The Hall–Kier alpha value is -2.90. The summed E-state index contributed by atoms with van der Waals surface area (Å²) in [5.41, 5.74) is 1.06. The molecular formula is C25H34N4O4. The number of aliphatic imine (C=N–C) groups is 1. The zero-order chi connectivity index (χ0) is 23.8. The summed E-state index contributed by atoms with van der Waals surface area (Å²) in [5, 5.41) is 3.01. The molecule has 0 bridgehead atoms. The van der Waals surface area contributed by atoms with Crippen molar-refractivity contribution in [2.24, 2.45) is 28.2 Å². The predicted molar refractivity (Wildman–Crippen MR) is 126 cm³/mol. The molecule has 3 fully saturated rings. The van der Waals surface area contributed by atoms with E-state index in [9.17, 15) is 14.4 Å². The van der Waals surface area contributed by atoms with Gasteiger partial charge in [-0.2, -0.15) is 0 Å². The first-order chi connectivity index (χ1) is 15.7. The third-order valence-electron chi connectivity index (χ3n) is 7.51. The average Bonchev–Trinajstić information content (AvgIpc) is 3.29. The second kappa shape index (κ2) is 9.15. The molecule has 3 aliphatic rings. The monoisotopic (exact) mass is 454 g/mol. The summed E-state index contributed by atoms with van der Waals surface area (Å²) in [5.74, 6) is 1.47. The maximum Gasteiger partial charge on any atom is 0.287 e. The van der Waals surface area contributed by atoms with E-state index in [0.29, 0.717) is 37.1 Å². The van der Waals surface area contributed by atoms with Gasteiger partial charge in [0.05, 0.1) is 5.92 Å². The van der Waals surface area contributed by atoms with Crippen molar-refractivity contribution in [1.82, 2.24) is 15.1 Å². The quantitative estimate of drug-likeness (QED) is 0.641. The molecule has 1 spiro atoms. The number of carbonyl (C=O) groups is 3. The fourth-order valence-corrected chi connectivity index (χ4v) is 5.15. The lowest BCUT2D eigenvalue weighted by molar-refractivity contribution is -0.151. The van der Waals surface area contributed by atoms with E-state index in [1.54, 1.807) is 23.2 Å². The SMILES string of the molecule is C=N/C=C\c1cc(C(=O)NCC2CC23CCN(C(=O)C2CN(C(=O)C(C)C)C2)CC3)oc1C. The molecule has 0 radical (unpaired) electrons. The molecule has 3 heterocycles. The number of hydrogen-bond acceptors (Lipinski definition) is 5. The minimum Gasteiger partial charge on any atom is -0.456 e. The Labute approximate surface area is 195 Å². The van der Waals surface area contributed by atoms with E-state index in [-0.39, 0.29) is 35.0 Å². The minimum absolute atomic E-state index is 0.0200. The Morgan fingerprint density at radius 3 is 2.61 bits per heavy atom. The Balaban J connectivity index is 1.20. The molecule has 1 N–H and O–H groups in total. The summed E-state index contributed by atoms with van der Waals surface area (Å²) in [7, 11) is 0. The zero-order valence-electron chi connectivity index (χ0n) is 19.8. The lowest BCUT2D eigenvalue weighted by Gasteiger charge is -2.43. The number of nitrogens with zero attached hydrogens (tertiary/aromatic N) is 3. The highest BCUT2D eigenvalue weighted by molar-refractivity contribution is 5.92. The van der Waals surface area contributed by atoms with Crippen LogP contribution in [0.4, 0.5) is 0 Å². The van der Waals surface area contributed by atoms with Crippen LogP contribution < -0.4 is 5.32 Å². The number of hydrogen-bond donors (Lipinski definition) is 1. The van der Waals surface area contributed by atoms with Gasteiger partial charge in [-0.3, -0.25) is 19.4 Å². The van der Waals surface area contributed by atoms with Crippen LogP contribution in [0, 0.1) is 30.1 Å². The Morgan fingerprint density at radius 1 is 1.27 bits per heavy atom. The maximum absolute atomic E-state index is 12.8. The first-order valence-electron chi connectivity index (χ1n) is 11.8. The molecule has 1 aliphatic carbocycles. The summed E-state index contributed by atoms with van der Waals surface area (Å²) in [6.45, 7) is 12.3. The Bertz CT molecular complexity index is 965. The van der Waals surface area contributed by atoms with E-state index in [1.165, 1.54) is 0 Å². The van der Waals surface area contributed by atoms with Crippen LogP contribution in [0.25, 0.3) is 6.08 Å². The van der Waals surface area contributed by atoms with Crippen molar-refractivity contribution in [1.29, 1.82) is 0 Å². The van der Waals surface area contributed by atoms with Gasteiger partial charge in [0.2, 0.25) is 11.8 Å². The van der Waals surface area contributed by atoms with Crippen LogP contribution in [0.15, 0.2) is 21.7 Å². The number of carbonyl (C=O) groups excluding carboxylic acids is 3. The van der Waals surface area contributed by atoms with Crippen LogP contribution >= 0.6 is 0 Å². The zero-order valence-corrected chi connectivity index (χ0v) is 19.8. The lowest BCUT2D eigenvalue weighted by atomic mass is 9.89. The van der Waals surface area contributed by atoms with Crippen LogP contribution in [0.5, 0.6) is 0 Å². The third kappa shape index (κ3) is 4.75. The maximum atomic E-state index is 12.8. The fourth-order valence-electron chi connectivity index (χ4n) is 5.15. The van der Waals surface area contributed by atoms with Gasteiger partial charge in [-0.25, -0.2) is 0 Å². The van der Waals surface area contributed by atoms with Crippen molar-refractivity contribution in [2.75, 3.05) is 32.7 Å². The van der Waals surface area contributed by atoms with Gasteiger partial charge in [0, 0.05) is 50.4 Å². The van der Waals surface area contributed by atoms with Gasteiger partial charge < -0.3 is 19.5 Å². The first-order valence-corrected chi connectivity index (χ1v) is 11.8. The summed E-state index contributed by atoms with van der Waals surface area (Å²) < 4.78 is 5.58. The van der Waals surface area contributed by atoms with E-state index >= 15 is 0 Å². The van der Waals surface area contributed by atoms with Gasteiger partial charge in [-0.05, 0) is 56.4 Å². The first kappa shape index (κ1) is 23.3. The lowest BCUT2D eigenvalue weighted by Crippen LogP contribution is -2.58. The summed E-state index contributed by atoms with van der Waals surface area (Å²) >= 11 is 0.